The van der Waals surface area contributed by atoms with Crippen molar-refractivity contribution in [1.82, 2.24) is 5.32 Å². The van der Waals surface area contributed by atoms with E-state index in [0.717, 1.165) is 18.6 Å². The molecular weight excluding hydrogens is 206 g/mol. The lowest BCUT2D eigenvalue weighted by Crippen LogP contribution is -2.41. The van der Waals surface area contributed by atoms with E-state index >= 15 is 0 Å². The largest absolute Gasteiger partial charge is 0.343 e. The molecule has 1 saturated carbocycles. The number of carbonyl (C=O) groups is 1. The van der Waals surface area contributed by atoms with Crippen LogP contribution in [0.25, 0.3) is 0 Å². The van der Waals surface area contributed by atoms with Gasteiger partial charge in [0, 0.05) is 6.04 Å². The minimum absolute atomic E-state index is 0.0695. The monoisotopic (exact) mass is 221 g/mol. The third kappa shape index (κ3) is 3.77. The molecule has 0 aromatic rings. The molecule has 0 spiro atoms. The maximum Gasteiger partial charge on any atom is 0.279 e. The van der Waals surface area contributed by atoms with Crippen LogP contribution in [0.2, 0.25) is 0 Å². The Hall–Kier alpha value is 0.110. The highest BCUT2D eigenvalue weighted by molar-refractivity contribution is 8.13. The molecule has 1 fully saturated rings. The van der Waals surface area contributed by atoms with Gasteiger partial charge >= 0.3 is 0 Å². The number of amides is 1. The molecule has 1 N–H and O–H groups in total. The topological polar surface area (TPSA) is 29.1 Å². The summed E-state index contributed by atoms with van der Waals surface area (Å²) in [7, 11) is 0. The first-order chi connectivity index (χ1) is 6.24. The summed E-state index contributed by atoms with van der Waals surface area (Å²) in [6.45, 7) is 1.98. The van der Waals surface area contributed by atoms with Crippen molar-refractivity contribution >= 4 is 28.6 Å². The van der Waals surface area contributed by atoms with E-state index in [1.165, 1.54) is 24.6 Å². The number of hydrogen-bond acceptors (Lipinski definition) is 2. The fourth-order valence-corrected chi connectivity index (χ4v) is 2.41. The van der Waals surface area contributed by atoms with E-state index in [4.69, 9.17) is 11.6 Å². The first-order valence-corrected chi connectivity index (χ1v) is 6.23. The van der Waals surface area contributed by atoms with E-state index < -0.39 is 0 Å². The minimum atomic E-state index is 0.0695. The van der Waals surface area contributed by atoms with E-state index in [0.29, 0.717) is 0 Å². The highest BCUT2D eigenvalue weighted by Gasteiger charge is 2.24. The maximum atomic E-state index is 11.3. The molecule has 76 valence electrons. The molecule has 1 aliphatic rings. The zero-order chi connectivity index (χ0) is 9.68. The minimum Gasteiger partial charge on any atom is -0.343 e. The zero-order valence-corrected chi connectivity index (χ0v) is 9.46. The van der Waals surface area contributed by atoms with Crippen LogP contribution in [0.1, 0.15) is 32.6 Å². The van der Waals surface area contributed by atoms with Crippen molar-refractivity contribution in [2.45, 2.75) is 44.0 Å². The summed E-state index contributed by atoms with van der Waals surface area (Å²) >= 11 is 7.42. The van der Waals surface area contributed by atoms with Crippen LogP contribution >= 0.6 is 23.4 Å². The fourth-order valence-electron chi connectivity index (χ4n) is 1.57. The van der Waals surface area contributed by atoms with Crippen LogP contribution in [0.4, 0.5) is 4.79 Å². The van der Waals surface area contributed by atoms with E-state index in [1.54, 1.807) is 0 Å². The van der Waals surface area contributed by atoms with Gasteiger partial charge in [-0.05, 0) is 18.6 Å². The Morgan fingerprint density at radius 1 is 1.54 bits per heavy atom. The number of rotatable bonds is 2. The van der Waals surface area contributed by atoms with Crippen molar-refractivity contribution in [3.05, 3.63) is 0 Å². The molecule has 1 amide bonds. The van der Waals surface area contributed by atoms with Crippen molar-refractivity contribution in [3.63, 3.8) is 0 Å². The summed E-state index contributed by atoms with van der Waals surface area (Å²) < 4.78 is 0. The highest BCUT2D eigenvalue weighted by Crippen LogP contribution is 2.23. The number of thioether (sulfide) groups is 1. The van der Waals surface area contributed by atoms with Gasteiger partial charge in [0.15, 0.2) is 0 Å². The first-order valence-electron chi connectivity index (χ1n) is 4.81. The molecule has 2 atom stereocenters. The Morgan fingerprint density at radius 3 is 2.85 bits per heavy atom. The van der Waals surface area contributed by atoms with Gasteiger partial charge in [0.05, 0.1) is 5.38 Å². The van der Waals surface area contributed by atoms with Gasteiger partial charge in [-0.3, -0.25) is 4.79 Å². The molecule has 0 heterocycles. The lowest BCUT2D eigenvalue weighted by Gasteiger charge is -2.27. The molecule has 0 bridgehead atoms. The second-order valence-electron chi connectivity index (χ2n) is 3.27. The van der Waals surface area contributed by atoms with Gasteiger partial charge in [0.1, 0.15) is 0 Å². The maximum absolute atomic E-state index is 11.3. The smallest absolute Gasteiger partial charge is 0.279 e. The lowest BCUT2D eigenvalue weighted by molar-refractivity contribution is 0.253. The molecule has 13 heavy (non-hydrogen) atoms. The third-order valence-electron chi connectivity index (χ3n) is 2.26. The number of carbonyl (C=O) groups excluding carboxylic acids is 1. The Morgan fingerprint density at radius 2 is 2.23 bits per heavy atom. The first kappa shape index (κ1) is 11.2. The SMILES string of the molecule is CCSC(=O)N[C@H]1CCCC[C@@H]1Cl. The predicted octanol–water partition coefficient (Wildman–Crippen LogP) is 3.00. The van der Waals surface area contributed by atoms with E-state index in [9.17, 15) is 4.79 Å². The molecule has 0 unspecified atom stereocenters. The third-order valence-corrected chi connectivity index (χ3v) is 3.45. The highest BCUT2D eigenvalue weighted by atomic mass is 35.5. The standard InChI is InChI=1S/C9H16ClNOS/c1-2-13-9(12)11-8-6-4-3-5-7(8)10/h7-8H,2-6H2,1H3,(H,11,12)/t7-,8-/m0/s1. The Bertz CT molecular complexity index is 177. The van der Waals surface area contributed by atoms with Crippen LogP contribution in [0.3, 0.4) is 0 Å². The second kappa shape index (κ2) is 5.76. The van der Waals surface area contributed by atoms with E-state index in [-0.39, 0.29) is 16.7 Å². The van der Waals surface area contributed by atoms with Crippen molar-refractivity contribution in [3.8, 4) is 0 Å². The molecule has 0 radical (unpaired) electrons. The molecule has 0 saturated heterocycles. The summed E-state index contributed by atoms with van der Waals surface area (Å²) in [4.78, 5) is 11.3. The van der Waals surface area contributed by atoms with Crippen LogP contribution < -0.4 is 5.32 Å². The van der Waals surface area contributed by atoms with Crippen LogP contribution in [-0.4, -0.2) is 22.4 Å². The predicted molar refractivity (Wildman–Crippen MR) is 58.6 cm³/mol. The van der Waals surface area contributed by atoms with Crippen molar-refractivity contribution in [2.24, 2.45) is 0 Å². The number of halogens is 1. The van der Waals surface area contributed by atoms with Gasteiger partial charge < -0.3 is 5.32 Å². The van der Waals surface area contributed by atoms with Crippen LogP contribution in [0, 0.1) is 0 Å². The van der Waals surface area contributed by atoms with Crippen molar-refractivity contribution in [1.29, 1.82) is 0 Å². The molecule has 2 nitrogen and oxygen atoms in total. The van der Waals surface area contributed by atoms with Gasteiger partial charge in [-0.25, -0.2) is 0 Å². The molecule has 0 aromatic carbocycles. The Kier molecular flexibility index (Phi) is 4.96. The number of alkyl halides is 1. The molecule has 4 heteroatoms. The summed E-state index contributed by atoms with van der Waals surface area (Å²) in [6.07, 6.45) is 4.44. The van der Waals surface area contributed by atoms with Crippen molar-refractivity contribution in [2.75, 3.05) is 5.75 Å². The van der Waals surface area contributed by atoms with Crippen LogP contribution in [-0.2, 0) is 0 Å². The summed E-state index contributed by atoms with van der Waals surface area (Å²) in [5.74, 6) is 0.825. The molecule has 1 aliphatic carbocycles. The molecule has 1 rings (SSSR count). The summed E-state index contributed by atoms with van der Waals surface area (Å²) in [5, 5.41) is 3.17. The van der Waals surface area contributed by atoms with E-state index in [1.807, 2.05) is 6.92 Å². The normalized spacial score (nSPS) is 28.5. The van der Waals surface area contributed by atoms with Gasteiger partial charge in [0.25, 0.3) is 5.24 Å². The zero-order valence-electron chi connectivity index (χ0n) is 7.88. The summed E-state index contributed by atoms with van der Waals surface area (Å²) in [6, 6.07) is 0.196. The molecule has 0 aliphatic heterocycles. The van der Waals surface area contributed by atoms with Crippen LogP contribution in [0.15, 0.2) is 0 Å². The average Bonchev–Trinajstić information content (AvgIpc) is 2.09. The fraction of sp³-hybridized carbons (Fsp3) is 0.889. The quantitative estimate of drug-likeness (QED) is 0.727. The molecular formula is C9H16ClNOS. The lowest BCUT2D eigenvalue weighted by atomic mass is 9.95. The van der Waals surface area contributed by atoms with Crippen LogP contribution in [0.5, 0.6) is 0 Å². The van der Waals surface area contributed by atoms with Crippen molar-refractivity contribution < 1.29 is 4.79 Å². The van der Waals surface area contributed by atoms with E-state index in [2.05, 4.69) is 5.32 Å². The van der Waals surface area contributed by atoms with Gasteiger partial charge in [-0.2, -0.15) is 0 Å². The number of nitrogens with one attached hydrogen (secondary N) is 1. The molecule has 0 aromatic heterocycles. The Balaban J connectivity index is 2.29. The average molecular weight is 222 g/mol. The second-order valence-corrected chi connectivity index (χ2v) is 5.07. The summed E-state index contributed by atoms with van der Waals surface area (Å²) in [5.41, 5.74) is 0. The van der Waals surface area contributed by atoms with Gasteiger partial charge in [-0.15, -0.1) is 11.6 Å². The van der Waals surface area contributed by atoms with Gasteiger partial charge in [-0.1, -0.05) is 31.5 Å². The Labute approximate surface area is 88.8 Å². The number of hydrogen-bond donors (Lipinski definition) is 1. The van der Waals surface area contributed by atoms with Gasteiger partial charge in [0.2, 0.25) is 0 Å².